The molecule has 1 saturated heterocycles. The van der Waals surface area contributed by atoms with Gasteiger partial charge in [0.15, 0.2) is 5.84 Å². The lowest BCUT2D eigenvalue weighted by Gasteiger charge is -2.29. The van der Waals surface area contributed by atoms with Crippen LogP contribution in [0.25, 0.3) is 11.8 Å². The van der Waals surface area contributed by atoms with Gasteiger partial charge in [-0.05, 0) is 62.2 Å². The van der Waals surface area contributed by atoms with E-state index in [0.717, 1.165) is 60.8 Å². The molecule has 0 aliphatic carbocycles. The molecule has 0 radical (unpaired) electrons. The van der Waals surface area contributed by atoms with Crippen LogP contribution in [0.3, 0.4) is 0 Å². The summed E-state index contributed by atoms with van der Waals surface area (Å²) in [6, 6.07) is 16.3. The number of hydrogen-bond acceptors (Lipinski definition) is 5. The molecule has 6 nitrogen and oxygen atoms in total. The molecule has 6 heteroatoms. The van der Waals surface area contributed by atoms with Crippen molar-refractivity contribution in [1.29, 1.82) is 0 Å². The summed E-state index contributed by atoms with van der Waals surface area (Å²) in [7, 11) is 0. The predicted molar refractivity (Wildman–Crippen MR) is 144 cm³/mol. The first-order valence-corrected chi connectivity index (χ1v) is 11.5. The Morgan fingerprint density at radius 2 is 1.74 bits per heavy atom. The number of morpholine rings is 1. The maximum atomic E-state index is 10.6. The molecule has 0 saturated carbocycles. The lowest BCUT2D eigenvalue weighted by molar-refractivity contribution is -0.104. The maximum Gasteiger partial charge on any atom is 0.152 e. The summed E-state index contributed by atoms with van der Waals surface area (Å²) in [5, 5.41) is 3.44. The van der Waals surface area contributed by atoms with Crippen molar-refractivity contribution in [2.24, 2.45) is 9.98 Å². The predicted octanol–water partition coefficient (Wildman–Crippen LogP) is 5.60. The minimum absolute atomic E-state index is 0.676. The number of allylic oxidation sites excluding steroid dienone is 3. The number of aldehydes is 1. The highest BCUT2D eigenvalue weighted by Crippen LogP contribution is 2.21. The van der Waals surface area contributed by atoms with Gasteiger partial charge in [0.2, 0.25) is 0 Å². The quantitative estimate of drug-likeness (QED) is 0.243. The normalized spacial score (nSPS) is 15.9. The van der Waals surface area contributed by atoms with Crippen LogP contribution in [-0.4, -0.2) is 44.1 Å². The Hall–Kier alpha value is -3.77. The van der Waals surface area contributed by atoms with Gasteiger partial charge in [-0.25, -0.2) is 4.99 Å². The second-order valence-electron chi connectivity index (χ2n) is 7.72. The van der Waals surface area contributed by atoms with E-state index in [1.165, 1.54) is 11.8 Å². The van der Waals surface area contributed by atoms with Crippen molar-refractivity contribution in [3.63, 3.8) is 0 Å². The third-order valence-corrected chi connectivity index (χ3v) is 5.35. The number of anilines is 2. The van der Waals surface area contributed by atoms with Gasteiger partial charge in [-0.1, -0.05) is 42.5 Å². The summed E-state index contributed by atoms with van der Waals surface area (Å²) in [5.41, 5.74) is 5.67. The first-order valence-electron chi connectivity index (χ1n) is 11.5. The largest absolute Gasteiger partial charge is 0.378 e. The van der Waals surface area contributed by atoms with Gasteiger partial charge in [0, 0.05) is 30.7 Å². The van der Waals surface area contributed by atoms with Crippen LogP contribution < -0.4 is 10.2 Å². The van der Waals surface area contributed by atoms with Gasteiger partial charge in [-0.3, -0.25) is 9.79 Å². The number of hydrogen-bond donors (Lipinski definition) is 1. The number of amidine groups is 1. The van der Waals surface area contributed by atoms with E-state index < -0.39 is 0 Å². The van der Waals surface area contributed by atoms with Crippen molar-refractivity contribution in [2.75, 3.05) is 36.5 Å². The first-order chi connectivity index (χ1) is 16.6. The molecule has 1 N–H and O–H groups in total. The van der Waals surface area contributed by atoms with Crippen molar-refractivity contribution in [3.8, 4) is 0 Å². The van der Waals surface area contributed by atoms with Gasteiger partial charge in [0.05, 0.1) is 24.6 Å². The Morgan fingerprint density at radius 1 is 1.03 bits per heavy atom. The Labute approximate surface area is 202 Å². The minimum Gasteiger partial charge on any atom is -0.378 e. The van der Waals surface area contributed by atoms with Crippen LogP contribution in [0.5, 0.6) is 0 Å². The third kappa shape index (κ3) is 7.12. The smallest absolute Gasteiger partial charge is 0.152 e. The average Bonchev–Trinajstić information content (AvgIpc) is 2.89. The summed E-state index contributed by atoms with van der Waals surface area (Å²) in [6.45, 7) is 9.17. The van der Waals surface area contributed by atoms with Crippen molar-refractivity contribution in [3.05, 3.63) is 84.1 Å². The summed E-state index contributed by atoms with van der Waals surface area (Å²) < 4.78 is 5.45. The summed E-state index contributed by atoms with van der Waals surface area (Å²) in [4.78, 5) is 22.3. The van der Waals surface area contributed by atoms with Crippen molar-refractivity contribution in [2.45, 2.75) is 20.8 Å². The number of carbonyl (C=O) groups is 1. The zero-order valence-electron chi connectivity index (χ0n) is 20.1. The van der Waals surface area contributed by atoms with Gasteiger partial charge < -0.3 is 15.0 Å². The van der Waals surface area contributed by atoms with Crippen LogP contribution in [0.15, 0.2) is 82.9 Å². The first kappa shape index (κ1) is 24.9. The highest BCUT2D eigenvalue weighted by Gasteiger charge is 2.12. The maximum absolute atomic E-state index is 10.6. The summed E-state index contributed by atoms with van der Waals surface area (Å²) in [6.07, 6.45) is 9.65. The second kappa shape index (κ2) is 13.1. The van der Waals surface area contributed by atoms with Crippen LogP contribution in [0.1, 0.15) is 31.9 Å². The van der Waals surface area contributed by atoms with Crippen LogP contribution >= 0.6 is 0 Å². The number of benzene rings is 2. The molecule has 1 heterocycles. The second-order valence-corrected chi connectivity index (χ2v) is 7.72. The van der Waals surface area contributed by atoms with E-state index in [0.29, 0.717) is 5.84 Å². The monoisotopic (exact) mass is 456 g/mol. The van der Waals surface area contributed by atoms with Gasteiger partial charge in [0.25, 0.3) is 0 Å². The molecule has 0 unspecified atom stereocenters. The van der Waals surface area contributed by atoms with Crippen LogP contribution in [0.2, 0.25) is 0 Å². The Bertz CT molecular complexity index is 1090. The summed E-state index contributed by atoms with van der Waals surface area (Å²) in [5.74, 6) is 0.676. The van der Waals surface area contributed by atoms with E-state index in [1.54, 1.807) is 12.3 Å². The topological polar surface area (TPSA) is 66.3 Å². The highest BCUT2D eigenvalue weighted by molar-refractivity contribution is 6.45. The van der Waals surface area contributed by atoms with Crippen molar-refractivity contribution < 1.29 is 9.53 Å². The molecule has 1 fully saturated rings. The number of nitrogens with one attached hydrogen (secondary N) is 1. The molecule has 1 aliphatic heterocycles. The molecule has 0 spiro atoms. The van der Waals surface area contributed by atoms with Crippen LogP contribution in [0, 0.1) is 0 Å². The number of carbonyl (C=O) groups excluding carboxylic acids is 1. The zero-order chi connectivity index (χ0) is 24.2. The Kier molecular flexibility index (Phi) is 9.55. The van der Waals surface area contributed by atoms with Gasteiger partial charge >= 0.3 is 0 Å². The van der Waals surface area contributed by atoms with Gasteiger partial charge in [-0.2, -0.15) is 0 Å². The molecule has 176 valence electrons. The fourth-order valence-electron chi connectivity index (χ4n) is 3.49. The molecule has 3 rings (SSSR count). The van der Waals surface area contributed by atoms with Crippen LogP contribution in [-0.2, 0) is 9.53 Å². The van der Waals surface area contributed by atoms with Gasteiger partial charge in [0.1, 0.15) is 6.29 Å². The van der Waals surface area contributed by atoms with Gasteiger partial charge in [-0.15, -0.1) is 0 Å². The molecule has 34 heavy (non-hydrogen) atoms. The number of nitrogens with zero attached hydrogens (tertiary/aromatic N) is 3. The van der Waals surface area contributed by atoms with Crippen molar-refractivity contribution in [1.82, 2.24) is 0 Å². The fourth-order valence-corrected chi connectivity index (χ4v) is 3.49. The molecule has 2 aromatic carbocycles. The molecule has 1 aliphatic rings. The van der Waals surface area contributed by atoms with Crippen molar-refractivity contribution >= 4 is 41.0 Å². The van der Waals surface area contributed by atoms with E-state index >= 15 is 0 Å². The third-order valence-electron chi connectivity index (χ3n) is 5.35. The molecule has 2 aromatic rings. The number of rotatable bonds is 8. The van der Waals surface area contributed by atoms with E-state index in [4.69, 9.17) is 9.73 Å². The average molecular weight is 457 g/mol. The highest BCUT2D eigenvalue weighted by atomic mass is 16.5. The molecule has 0 amide bonds. The lowest BCUT2D eigenvalue weighted by Crippen LogP contribution is -2.36. The fraction of sp³-hybridized carbons (Fsp3) is 0.250. The van der Waals surface area contributed by atoms with E-state index in [9.17, 15) is 4.79 Å². The number of ether oxygens (including phenoxy) is 1. The Balaban J connectivity index is 1.86. The molecular weight excluding hydrogens is 424 g/mol. The standard InChI is InChI=1S/C28H32N4O2/c1-4-16-29-22(3)28(30-25-12-14-26(15-13-25)32-17-20-34-21-18-32)31-27(5-2)24-10-8-23(9-11-24)7-6-19-33/h4-16,19H,17-18,20-21H2,1-3H3,(H,30,31)/b7-6+,16-4-,27-5-,29-22?. The molecule has 0 atom stereocenters. The molecule has 0 bridgehead atoms. The zero-order valence-corrected chi connectivity index (χ0v) is 20.1. The SMILES string of the molecule is C/C=C\N=C(C)C(=N/C(=C\C)c1ccc(/C=C/C=O)cc1)Nc1ccc(N2CCOCC2)cc1. The molecular formula is C28H32N4O2. The molecule has 0 aromatic heterocycles. The van der Waals surface area contributed by atoms with E-state index in [1.807, 2.05) is 57.2 Å². The van der Waals surface area contributed by atoms with Crippen LogP contribution in [0.4, 0.5) is 11.4 Å². The lowest BCUT2D eigenvalue weighted by atomic mass is 10.1. The van der Waals surface area contributed by atoms with E-state index in [-0.39, 0.29) is 0 Å². The van der Waals surface area contributed by atoms with E-state index in [2.05, 4.69) is 39.5 Å². The number of aliphatic imine (C=N–C) groups is 2. The summed E-state index contributed by atoms with van der Waals surface area (Å²) >= 11 is 0. The minimum atomic E-state index is 0.676. The Morgan fingerprint density at radius 3 is 2.35 bits per heavy atom.